The average Bonchev–Trinajstić information content (AvgIpc) is 3.08. The van der Waals surface area contributed by atoms with E-state index in [2.05, 4.69) is 52.6 Å². The minimum absolute atomic E-state index is 0.221. The van der Waals surface area contributed by atoms with Crippen molar-refractivity contribution in [1.29, 1.82) is 0 Å². The maximum atomic E-state index is 11.6. The Morgan fingerprint density at radius 1 is 1.29 bits per heavy atom. The van der Waals surface area contributed by atoms with Crippen molar-refractivity contribution in [2.24, 2.45) is 5.92 Å². The van der Waals surface area contributed by atoms with Crippen molar-refractivity contribution in [3.63, 3.8) is 0 Å². The van der Waals surface area contributed by atoms with Gasteiger partial charge in [-0.2, -0.15) is 5.10 Å². The number of amides is 1. The van der Waals surface area contributed by atoms with Gasteiger partial charge in [0.25, 0.3) is 0 Å². The molecule has 0 saturated carbocycles. The molecule has 1 amide bonds. The highest BCUT2D eigenvalue weighted by Gasteiger charge is 2.36. The first-order chi connectivity index (χ1) is 11.6. The molecule has 1 aromatic heterocycles. The zero-order valence-electron chi connectivity index (χ0n) is 14.3. The van der Waals surface area contributed by atoms with Gasteiger partial charge in [0.15, 0.2) is 0 Å². The van der Waals surface area contributed by atoms with Crippen LogP contribution < -0.4 is 5.32 Å². The molecule has 0 radical (unpaired) electrons. The highest BCUT2D eigenvalue weighted by Crippen LogP contribution is 2.26. The fourth-order valence-corrected chi connectivity index (χ4v) is 4.09. The highest BCUT2D eigenvalue weighted by atomic mass is 16.2. The number of nitrogens with one attached hydrogen (secondary N) is 1. The minimum Gasteiger partial charge on any atom is -0.353 e. The lowest BCUT2D eigenvalue weighted by Gasteiger charge is -2.34. The van der Waals surface area contributed by atoms with Crippen molar-refractivity contribution in [3.05, 3.63) is 47.3 Å². The number of aryl methyl sites for hydroxylation is 2. The first kappa shape index (κ1) is 15.4. The number of rotatable bonds is 3. The Morgan fingerprint density at radius 2 is 2.17 bits per heavy atom. The van der Waals surface area contributed by atoms with E-state index in [0.29, 0.717) is 18.4 Å². The first-order valence-electron chi connectivity index (χ1n) is 8.73. The lowest BCUT2D eigenvalue weighted by atomic mass is 9.93. The van der Waals surface area contributed by atoms with Gasteiger partial charge >= 0.3 is 0 Å². The van der Waals surface area contributed by atoms with Gasteiger partial charge in [0.2, 0.25) is 5.91 Å². The summed E-state index contributed by atoms with van der Waals surface area (Å²) in [6.45, 7) is 7.10. The Kier molecular flexibility index (Phi) is 3.88. The molecule has 126 valence electrons. The molecular formula is C19H24N4O. The largest absolute Gasteiger partial charge is 0.353 e. The number of hydrogen-bond acceptors (Lipinski definition) is 3. The van der Waals surface area contributed by atoms with Crippen LogP contribution in [0.2, 0.25) is 0 Å². The van der Waals surface area contributed by atoms with E-state index >= 15 is 0 Å². The van der Waals surface area contributed by atoms with Gasteiger partial charge in [-0.3, -0.25) is 9.69 Å². The standard InChI is InChI=1S/C19H24N4O/c1-13-8-14(2)23(21-13)17-5-3-4-15(9-17)11-22-7-6-18-16(12-22)10-19(24)20-18/h3-5,8-9,16,18H,6-7,10-12H2,1-2H3,(H,20,24)/t16-,18+/m1/s1. The molecule has 2 aliphatic rings. The molecular weight excluding hydrogens is 300 g/mol. The Labute approximate surface area is 142 Å². The van der Waals surface area contributed by atoms with Crippen LogP contribution in [0, 0.1) is 19.8 Å². The van der Waals surface area contributed by atoms with Gasteiger partial charge < -0.3 is 5.32 Å². The van der Waals surface area contributed by atoms with Crippen molar-refractivity contribution < 1.29 is 4.79 Å². The number of carbonyl (C=O) groups is 1. The van der Waals surface area contributed by atoms with Crippen LogP contribution in [0.5, 0.6) is 0 Å². The third-order valence-corrected chi connectivity index (χ3v) is 5.18. The van der Waals surface area contributed by atoms with Gasteiger partial charge in [-0.1, -0.05) is 12.1 Å². The van der Waals surface area contributed by atoms with E-state index < -0.39 is 0 Å². The first-order valence-corrected chi connectivity index (χ1v) is 8.73. The van der Waals surface area contributed by atoms with Crippen molar-refractivity contribution >= 4 is 5.91 Å². The van der Waals surface area contributed by atoms with Crippen LogP contribution >= 0.6 is 0 Å². The lowest BCUT2D eigenvalue weighted by Crippen LogP contribution is -2.44. The molecule has 2 aromatic rings. The van der Waals surface area contributed by atoms with Crippen molar-refractivity contribution in [1.82, 2.24) is 20.0 Å². The number of carbonyl (C=O) groups excluding carboxylic acids is 1. The molecule has 0 spiro atoms. The second-order valence-electron chi connectivity index (χ2n) is 7.17. The summed E-state index contributed by atoms with van der Waals surface area (Å²) < 4.78 is 2.00. The quantitative estimate of drug-likeness (QED) is 0.942. The molecule has 2 fully saturated rings. The number of aromatic nitrogens is 2. The van der Waals surface area contributed by atoms with E-state index in [4.69, 9.17) is 0 Å². The van der Waals surface area contributed by atoms with Gasteiger partial charge in [0.05, 0.1) is 11.4 Å². The number of hydrogen-bond donors (Lipinski definition) is 1. The van der Waals surface area contributed by atoms with E-state index in [1.807, 2.05) is 11.6 Å². The Hall–Kier alpha value is -2.14. The summed E-state index contributed by atoms with van der Waals surface area (Å²) in [5.74, 6) is 0.698. The molecule has 5 heteroatoms. The normalized spacial score (nSPS) is 24.0. The molecule has 5 nitrogen and oxygen atoms in total. The number of piperidine rings is 1. The Balaban J connectivity index is 1.48. The van der Waals surface area contributed by atoms with Crippen LogP contribution in [0.15, 0.2) is 30.3 Å². The molecule has 2 atom stereocenters. The SMILES string of the molecule is Cc1cc(C)n(-c2cccc(CN3CC[C@@H]4NC(=O)C[C@@H]4C3)c2)n1. The predicted octanol–water partition coefficient (Wildman–Crippen LogP) is 2.20. The molecule has 1 N–H and O–H groups in total. The molecule has 0 unspecified atom stereocenters. The summed E-state index contributed by atoms with van der Waals surface area (Å²) in [5.41, 5.74) is 4.61. The Bertz CT molecular complexity index is 766. The van der Waals surface area contributed by atoms with Crippen molar-refractivity contribution in [3.8, 4) is 5.69 Å². The maximum Gasteiger partial charge on any atom is 0.220 e. The van der Waals surface area contributed by atoms with E-state index in [1.165, 1.54) is 5.56 Å². The van der Waals surface area contributed by atoms with Crippen LogP contribution in [0.25, 0.3) is 5.69 Å². The molecule has 1 aromatic carbocycles. The summed E-state index contributed by atoms with van der Waals surface area (Å²) in [4.78, 5) is 14.0. The molecule has 3 heterocycles. The summed E-state index contributed by atoms with van der Waals surface area (Å²) >= 11 is 0. The number of likely N-dealkylation sites (tertiary alicyclic amines) is 1. The van der Waals surface area contributed by atoms with Crippen LogP contribution in [-0.4, -0.2) is 39.7 Å². The van der Waals surface area contributed by atoms with Gasteiger partial charge in [0, 0.05) is 43.7 Å². The van der Waals surface area contributed by atoms with E-state index in [1.54, 1.807) is 0 Å². The van der Waals surface area contributed by atoms with Gasteiger partial charge in [0.1, 0.15) is 0 Å². The zero-order valence-corrected chi connectivity index (χ0v) is 14.3. The molecule has 0 bridgehead atoms. The minimum atomic E-state index is 0.221. The fourth-order valence-electron chi connectivity index (χ4n) is 4.09. The zero-order chi connectivity index (χ0) is 16.7. The third-order valence-electron chi connectivity index (χ3n) is 5.18. The summed E-state index contributed by atoms with van der Waals surface area (Å²) in [6.07, 6.45) is 1.75. The summed E-state index contributed by atoms with van der Waals surface area (Å²) in [6, 6.07) is 11.1. The van der Waals surface area contributed by atoms with Crippen LogP contribution in [-0.2, 0) is 11.3 Å². The molecule has 2 aliphatic heterocycles. The number of fused-ring (bicyclic) bond motifs is 1. The molecule has 24 heavy (non-hydrogen) atoms. The average molecular weight is 324 g/mol. The second-order valence-corrected chi connectivity index (χ2v) is 7.17. The second kappa shape index (κ2) is 6.06. The fraction of sp³-hybridized carbons (Fsp3) is 0.474. The van der Waals surface area contributed by atoms with Gasteiger partial charge in [-0.05, 0) is 44.0 Å². The molecule has 4 rings (SSSR count). The molecule has 0 aliphatic carbocycles. The number of nitrogens with zero attached hydrogens (tertiary/aromatic N) is 3. The monoisotopic (exact) mass is 324 g/mol. The van der Waals surface area contributed by atoms with E-state index in [9.17, 15) is 4.79 Å². The topological polar surface area (TPSA) is 50.2 Å². The van der Waals surface area contributed by atoms with Crippen LogP contribution in [0.4, 0.5) is 0 Å². The maximum absolute atomic E-state index is 11.6. The van der Waals surface area contributed by atoms with Crippen LogP contribution in [0.1, 0.15) is 29.8 Å². The summed E-state index contributed by atoms with van der Waals surface area (Å²) in [5, 5.41) is 7.68. The van der Waals surface area contributed by atoms with E-state index in [-0.39, 0.29) is 5.91 Å². The van der Waals surface area contributed by atoms with Gasteiger partial charge in [-0.25, -0.2) is 4.68 Å². The van der Waals surface area contributed by atoms with Crippen molar-refractivity contribution in [2.75, 3.05) is 13.1 Å². The van der Waals surface area contributed by atoms with Gasteiger partial charge in [-0.15, -0.1) is 0 Å². The third kappa shape index (κ3) is 2.96. The number of benzene rings is 1. The van der Waals surface area contributed by atoms with Crippen LogP contribution in [0.3, 0.4) is 0 Å². The smallest absolute Gasteiger partial charge is 0.220 e. The highest BCUT2D eigenvalue weighted by molar-refractivity contribution is 5.79. The lowest BCUT2D eigenvalue weighted by molar-refractivity contribution is -0.119. The predicted molar refractivity (Wildman–Crippen MR) is 93.0 cm³/mol. The summed E-state index contributed by atoms with van der Waals surface area (Å²) in [7, 11) is 0. The Morgan fingerprint density at radius 3 is 2.96 bits per heavy atom. The van der Waals surface area contributed by atoms with E-state index in [0.717, 1.165) is 43.1 Å². The molecule has 2 saturated heterocycles. The van der Waals surface area contributed by atoms with Crippen molar-refractivity contribution in [2.45, 2.75) is 39.3 Å².